The van der Waals surface area contributed by atoms with Crippen molar-refractivity contribution in [1.82, 2.24) is 10.6 Å². The lowest BCUT2D eigenvalue weighted by Gasteiger charge is -2.43. The van der Waals surface area contributed by atoms with E-state index in [1.54, 1.807) is 0 Å². The summed E-state index contributed by atoms with van der Waals surface area (Å²) >= 11 is 0. The maximum Gasteiger partial charge on any atom is 0.191 e. The van der Waals surface area contributed by atoms with Crippen LogP contribution in [-0.4, -0.2) is 25.6 Å². The van der Waals surface area contributed by atoms with Crippen LogP contribution in [0.2, 0.25) is 0 Å². The van der Waals surface area contributed by atoms with E-state index in [0.717, 1.165) is 18.4 Å². The molecule has 0 bridgehead atoms. The minimum atomic E-state index is 0.640. The second kappa shape index (κ2) is 3.94. The van der Waals surface area contributed by atoms with Gasteiger partial charge in [0.05, 0.1) is 0 Å². The molecular formula is C13H23N3. The lowest BCUT2D eigenvalue weighted by Crippen LogP contribution is -2.47. The van der Waals surface area contributed by atoms with Crippen molar-refractivity contribution < 1.29 is 0 Å². The normalized spacial score (nSPS) is 28.4. The van der Waals surface area contributed by atoms with Gasteiger partial charge in [-0.25, -0.2) is 0 Å². The average molecular weight is 221 g/mol. The zero-order chi connectivity index (χ0) is 11.0. The largest absolute Gasteiger partial charge is 0.356 e. The van der Waals surface area contributed by atoms with Gasteiger partial charge >= 0.3 is 0 Å². The Morgan fingerprint density at radius 2 is 2.00 bits per heavy atom. The van der Waals surface area contributed by atoms with Crippen LogP contribution < -0.4 is 10.6 Å². The van der Waals surface area contributed by atoms with Crippen molar-refractivity contribution in [3.8, 4) is 0 Å². The van der Waals surface area contributed by atoms with Crippen LogP contribution in [0.3, 0.4) is 0 Å². The molecule has 16 heavy (non-hydrogen) atoms. The van der Waals surface area contributed by atoms with Gasteiger partial charge in [-0.2, -0.15) is 0 Å². The first-order valence-electron chi connectivity index (χ1n) is 6.80. The molecule has 0 heterocycles. The Kier molecular flexibility index (Phi) is 2.56. The van der Waals surface area contributed by atoms with Gasteiger partial charge in [0.15, 0.2) is 5.96 Å². The number of hydrogen-bond donors (Lipinski definition) is 2. The first-order chi connectivity index (χ1) is 7.82. The Bertz CT molecular complexity index is 286. The SMILES string of the molecule is CN=C(NCC1(C2CC2)CCC1)NC1CC1. The molecule has 0 spiro atoms. The van der Waals surface area contributed by atoms with Crippen LogP contribution >= 0.6 is 0 Å². The molecule has 0 aromatic heterocycles. The van der Waals surface area contributed by atoms with Crippen molar-refractivity contribution in [2.24, 2.45) is 16.3 Å². The van der Waals surface area contributed by atoms with Crippen molar-refractivity contribution in [2.75, 3.05) is 13.6 Å². The molecule has 0 aromatic rings. The molecule has 3 aliphatic rings. The minimum Gasteiger partial charge on any atom is -0.356 e. The summed E-state index contributed by atoms with van der Waals surface area (Å²) in [7, 11) is 1.88. The molecule has 3 fully saturated rings. The Hall–Kier alpha value is -0.730. The number of hydrogen-bond acceptors (Lipinski definition) is 1. The Labute approximate surface area is 98.1 Å². The van der Waals surface area contributed by atoms with E-state index in [4.69, 9.17) is 0 Å². The Morgan fingerprint density at radius 3 is 2.44 bits per heavy atom. The molecule has 0 aromatic carbocycles. The molecule has 2 N–H and O–H groups in total. The van der Waals surface area contributed by atoms with E-state index in [0.29, 0.717) is 11.5 Å². The fraction of sp³-hybridized carbons (Fsp3) is 0.923. The van der Waals surface area contributed by atoms with Gasteiger partial charge in [-0.3, -0.25) is 4.99 Å². The molecule has 0 radical (unpaired) electrons. The molecule has 3 rings (SSSR count). The summed E-state index contributed by atoms with van der Waals surface area (Å²) in [5.41, 5.74) is 0.640. The lowest BCUT2D eigenvalue weighted by molar-refractivity contribution is 0.106. The summed E-state index contributed by atoms with van der Waals surface area (Å²) in [6.45, 7) is 1.14. The van der Waals surface area contributed by atoms with Gasteiger partial charge in [0, 0.05) is 19.6 Å². The average Bonchev–Trinajstić information content (AvgIpc) is 3.08. The van der Waals surface area contributed by atoms with Crippen molar-refractivity contribution in [3.63, 3.8) is 0 Å². The highest BCUT2D eigenvalue weighted by Crippen LogP contribution is 2.56. The molecule has 90 valence electrons. The molecule has 0 atom stereocenters. The molecule has 3 nitrogen and oxygen atoms in total. The van der Waals surface area contributed by atoms with Crippen LogP contribution in [0.4, 0.5) is 0 Å². The van der Waals surface area contributed by atoms with Crippen LogP contribution in [0.1, 0.15) is 44.9 Å². The maximum atomic E-state index is 4.30. The fourth-order valence-electron chi connectivity index (χ4n) is 2.93. The van der Waals surface area contributed by atoms with Gasteiger partial charge in [0.2, 0.25) is 0 Å². The van der Waals surface area contributed by atoms with Crippen LogP contribution in [0.25, 0.3) is 0 Å². The number of nitrogens with one attached hydrogen (secondary N) is 2. The third-order valence-electron chi connectivity index (χ3n) is 4.54. The van der Waals surface area contributed by atoms with Crippen molar-refractivity contribution >= 4 is 5.96 Å². The number of aliphatic imine (C=N–C) groups is 1. The number of nitrogens with zero attached hydrogens (tertiary/aromatic N) is 1. The lowest BCUT2D eigenvalue weighted by atomic mass is 9.65. The molecule has 0 amide bonds. The van der Waals surface area contributed by atoms with E-state index in [2.05, 4.69) is 15.6 Å². The maximum absolute atomic E-state index is 4.30. The second-order valence-corrected chi connectivity index (χ2v) is 5.83. The van der Waals surface area contributed by atoms with Crippen molar-refractivity contribution in [3.05, 3.63) is 0 Å². The summed E-state index contributed by atoms with van der Waals surface area (Å²) in [5.74, 6) is 2.04. The van der Waals surface area contributed by atoms with Gasteiger partial charge in [0.1, 0.15) is 0 Å². The molecule has 3 heteroatoms. The highest BCUT2D eigenvalue weighted by atomic mass is 15.2. The van der Waals surface area contributed by atoms with E-state index in [1.165, 1.54) is 44.9 Å². The summed E-state index contributed by atoms with van der Waals surface area (Å²) in [4.78, 5) is 4.30. The quantitative estimate of drug-likeness (QED) is 0.562. The van der Waals surface area contributed by atoms with Gasteiger partial charge in [0.25, 0.3) is 0 Å². The fourth-order valence-corrected chi connectivity index (χ4v) is 2.93. The number of guanidine groups is 1. The monoisotopic (exact) mass is 221 g/mol. The van der Waals surface area contributed by atoms with Crippen LogP contribution in [-0.2, 0) is 0 Å². The molecule has 0 aliphatic heterocycles. The minimum absolute atomic E-state index is 0.640. The standard InChI is InChI=1S/C13H23N3/c1-14-12(16-11-5-6-11)15-9-13(7-2-8-13)10-3-4-10/h10-11H,2-9H2,1H3,(H2,14,15,16). The van der Waals surface area contributed by atoms with E-state index >= 15 is 0 Å². The van der Waals surface area contributed by atoms with E-state index in [1.807, 2.05) is 7.05 Å². The topological polar surface area (TPSA) is 36.4 Å². The van der Waals surface area contributed by atoms with Crippen molar-refractivity contribution in [2.45, 2.75) is 51.0 Å². The Morgan fingerprint density at radius 1 is 1.25 bits per heavy atom. The smallest absolute Gasteiger partial charge is 0.191 e. The molecule has 0 unspecified atom stereocenters. The second-order valence-electron chi connectivity index (χ2n) is 5.83. The predicted octanol–water partition coefficient (Wildman–Crippen LogP) is 1.89. The third-order valence-corrected chi connectivity index (χ3v) is 4.54. The third kappa shape index (κ3) is 2.04. The van der Waals surface area contributed by atoms with Gasteiger partial charge < -0.3 is 10.6 Å². The van der Waals surface area contributed by atoms with E-state index in [-0.39, 0.29) is 0 Å². The zero-order valence-electron chi connectivity index (χ0n) is 10.3. The predicted molar refractivity (Wildman–Crippen MR) is 66.5 cm³/mol. The first kappa shape index (κ1) is 10.4. The van der Waals surface area contributed by atoms with Gasteiger partial charge in [-0.05, 0) is 49.9 Å². The number of rotatable bonds is 4. The van der Waals surface area contributed by atoms with E-state index in [9.17, 15) is 0 Å². The Balaban J connectivity index is 1.49. The summed E-state index contributed by atoms with van der Waals surface area (Å²) in [5, 5.41) is 7.00. The first-order valence-corrected chi connectivity index (χ1v) is 6.80. The van der Waals surface area contributed by atoms with E-state index < -0.39 is 0 Å². The molecule has 3 saturated carbocycles. The molecule has 0 saturated heterocycles. The van der Waals surface area contributed by atoms with Crippen LogP contribution in [0.5, 0.6) is 0 Å². The van der Waals surface area contributed by atoms with Gasteiger partial charge in [-0.1, -0.05) is 6.42 Å². The molecule has 3 aliphatic carbocycles. The van der Waals surface area contributed by atoms with Crippen LogP contribution in [0, 0.1) is 11.3 Å². The van der Waals surface area contributed by atoms with Crippen molar-refractivity contribution in [1.29, 1.82) is 0 Å². The van der Waals surface area contributed by atoms with Gasteiger partial charge in [-0.15, -0.1) is 0 Å². The zero-order valence-corrected chi connectivity index (χ0v) is 10.3. The summed E-state index contributed by atoms with van der Waals surface area (Å²) in [6.07, 6.45) is 9.87. The summed E-state index contributed by atoms with van der Waals surface area (Å²) in [6, 6.07) is 0.699. The molecular weight excluding hydrogens is 198 g/mol. The highest BCUT2D eigenvalue weighted by molar-refractivity contribution is 5.80. The summed E-state index contributed by atoms with van der Waals surface area (Å²) < 4.78 is 0. The highest BCUT2D eigenvalue weighted by Gasteiger charge is 2.48. The van der Waals surface area contributed by atoms with Crippen LogP contribution in [0.15, 0.2) is 4.99 Å².